The molecule has 3 aromatic carbocycles. The highest BCUT2D eigenvalue weighted by molar-refractivity contribution is 6.14. The minimum atomic E-state index is 1.04. The van der Waals surface area contributed by atoms with Gasteiger partial charge in [-0.3, -0.25) is 0 Å². The van der Waals surface area contributed by atoms with Crippen molar-refractivity contribution < 1.29 is 0 Å². The van der Waals surface area contributed by atoms with Crippen LogP contribution in [0.15, 0.2) is 66.3 Å². The van der Waals surface area contributed by atoms with Crippen molar-refractivity contribution in [3.05, 3.63) is 82.6 Å². The van der Waals surface area contributed by atoms with Gasteiger partial charge in [0.25, 0.3) is 0 Å². The molecule has 112 valence electrons. The monoisotopic (exact) mass is 296 g/mol. The fraction of sp³-hybridized carbons (Fsp3) is 0.130. The summed E-state index contributed by atoms with van der Waals surface area (Å²) in [5, 5.41) is 6.76. The second-order valence-electron chi connectivity index (χ2n) is 6.21. The average Bonchev–Trinajstić information content (AvgIpc) is 3.10. The molecular formula is C23H20. The zero-order chi connectivity index (χ0) is 15.8. The van der Waals surface area contributed by atoms with Gasteiger partial charge in [-0.2, -0.15) is 0 Å². The normalized spacial score (nSPS) is 15.4. The summed E-state index contributed by atoms with van der Waals surface area (Å²) >= 11 is 0. The zero-order valence-electron chi connectivity index (χ0n) is 13.6. The molecule has 0 heteroatoms. The van der Waals surface area contributed by atoms with E-state index in [0.29, 0.717) is 0 Å². The van der Waals surface area contributed by atoms with Crippen molar-refractivity contribution in [2.45, 2.75) is 20.3 Å². The van der Waals surface area contributed by atoms with Gasteiger partial charge in [-0.05, 0) is 63.7 Å². The maximum atomic E-state index is 2.27. The molecule has 0 N–H and O–H groups in total. The van der Waals surface area contributed by atoms with E-state index in [1.54, 1.807) is 0 Å². The van der Waals surface area contributed by atoms with Crippen LogP contribution in [0.5, 0.6) is 0 Å². The van der Waals surface area contributed by atoms with Gasteiger partial charge in [-0.25, -0.2) is 0 Å². The first-order valence-electron chi connectivity index (χ1n) is 8.23. The van der Waals surface area contributed by atoms with Crippen LogP contribution in [-0.4, -0.2) is 0 Å². The summed E-state index contributed by atoms with van der Waals surface area (Å²) in [5.74, 6) is 0. The Kier molecular flexibility index (Phi) is 3.38. The Morgan fingerprint density at radius 1 is 0.913 bits per heavy atom. The van der Waals surface area contributed by atoms with Crippen LogP contribution in [0.3, 0.4) is 0 Å². The first-order chi connectivity index (χ1) is 11.3. The zero-order valence-corrected chi connectivity index (χ0v) is 13.6. The van der Waals surface area contributed by atoms with Crippen LogP contribution in [0, 0.1) is 6.92 Å². The van der Waals surface area contributed by atoms with Crippen molar-refractivity contribution in [1.82, 2.24) is 0 Å². The Bertz CT molecular complexity index is 1040. The Labute approximate surface area is 137 Å². The molecule has 0 saturated heterocycles. The molecule has 0 aromatic heterocycles. The topological polar surface area (TPSA) is 0 Å². The maximum Gasteiger partial charge on any atom is -0.00243 e. The Morgan fingerprint density at radius 3 is 2.57 bits per heavy atom. The van der Waals surface area contributed by atoms with Crippen LogP contribution in [0.1, 0.15) is 24.5 Å². The van der Waals surface area contributed by atoms with Gasteiger partial charge in [0.2, 0.25) is 0 Å². The first kappa shape index (κ1) is 14.0. The van der Waals surface area contributed by atoms with Crippen LogP contribution < -0.4 is 5.22 Å². The highest BCUT2D eigenvalue weighted by Crippen LogP contribution is 2.30. The summed E-state index contributed by atoms with van der Waals surface area (Å²) in [4.78, 5) is 0. The van der Waals surface area contributed by atoms with E-state index in [4.69, 9.17) is 0 Å². The SMILES string of the molecule is C/C=c1\ccc2ccc(C)c3ccc(/C=C\C4=CC=CC4)c1c23. The molecule has 0 radical (unpaired) electrons. The smallest absolute Gasteiger partial charge is 0.00243 e. The summed E-state index contributed by atoms with van der Waals surface area (Å²) in [6, 6.07) is 13.5. The maximum absolute atomic E-state index is 2.27. The Balaban J connectivity index is 2.04. The minimum Gasteiger partial charge on any atom is -0.0801 e. The van der Waals surface area contributed by atoms with Crippen LogP contribution in [-0.2, 0) is 0 Å². The van der Waals surface area contributed by atoms with Crippen LogP contribution in [0.25, 0.3) is 33.7 Å². The number of aryl methyl sites for hydroxylation is 1. The summed E-state index contributed by atoms with van der Waals surface area (Å²) in [6.45, 7) is 4.32. The molecule has 3 aromatic rings. The summed E-state index contributed by atoms with van der Waals surface area (Å²) in [6.07, 6.45) is 14.3. The van der Waals surface area contributed by atoms with Crippen molar-refractivity contribution in [2.75, 3.05) is 0 Å². The standard InChI is InChI=1S/C23H20/c1-3-18-12-13-20-10-8-16(2)21-15-14-19(22(18)23(20)21)11-9-17-6-4-5-7-17/h3-6,8-15H,7H2,1-2H3/b11-9-,18-3+. The quantitative estimate of drug-likeness (QED) is 0.567. The lowest BCUT2D eigenvalue weighted by molar-refractivity contribution is 1.34. The highest BCUT2D eigenvalue weighted by atomic mass is 14.1. The first-order valence-corrected chi connectivity index (χ1v) is 8.23. The molecule has 0 aliphatic heterocycles. The fourth-order valence-electron chi connectivity index (χ4n) is 3.51. The lowest BCUT2D eigenvalue weighted by Gasteiger charge is -2.11. The molecule has 0 saturated carbocycles. The summed E-state index contributed by atoms with van der Waals surface area (Å²) in [7, 11) is 0. The average molecular weight is 296 g/mol. The molecule has 0 amide bonds. The molecule has 0 atom stereocenters. The molecule has 0 fully saturated rings. The van der Waals surface area contributed by atoms with E-state index in [9.17, 15) is 0 Å². The van der Waals surface area contributed by atoms with Crippen LogP contribution in [0.2, 0.25) is 0 Å². The third-order valence-electron chi connectivity index (χ3n) is 4.78. The van der Waals surface area contributed by atoms with Crippen LogP contribution in [0.4, 0.5) is 0 Å². The van der Waals surface area contributed by atoms with Crippen molar-refractivity contribution in [3.8, 4) is 0 Å². The lowest BCUT2D eigenvalue weighted by atomic mass is 9.92. The van der Waals surface area contributed by atoms with E-state index < -0.39 is 0 Å². The van der Waals surface area contributed by atoms with Gasteiger partial charge in [-0.1, -0.05) is 72.9 Å². The summed E-state index contributed by atoms with van der Waals surface area (Å²) in [5.41, 5.74) is 4.01. The van der Waals surface area contributed by atoms with Gasteiger partial charge in [0.05, 0.1) is 0 Å². The molecular weight excluding hydrogens is 276 g/mol. The van der Waals surface area contributed by atoms with Gasteiger partial charge in [0, 0.05) is 0 Å². The van der Waals surface area contributed by atoms with E-state index in [-0.39, 0.29) is 0 Å². The number of hydrogen-bond acceptors (Lipinski definition) is 0. The van der Waals surface area contributed by atoms with Crippen molar-refractivity contribution in [3.63, 3.8) is 0 Å². The largest absolute Gasteiger partial charge is 0.0801 e. The molecule has 4 rings (SSSR count). The molecule has 0 nitrogen and oxygen atoms in total. The van der Waals surface area contributed by atoms with Gasteiger partial charge in [-0.15, -0.1) is 0 Å². The van der Waals surface area contributed by atoms with Gasteiger partial charge >= 0.3 is 0 Å². The number of hydrogen-bond donors (Lipinski definition) is 0. The Hall–Kier alpha value is -2.60. The van der Waals surface area contributed by atoms with E-state index in [2.05, 4.69) is 86.7 Å². The predicted molar refractivity (Wildman–Crippen MR) is 102 cm³/mol. The molecule has 0 heterocycles. The second-order valence-corrected chi connectivity index (χ2v) is 6.21. The Morgan fingerprint density at radius 2 is 1.78 bits per heavy atom. The molecule has 0 spiro atoms. The van der Waals surface area contributed by atoms with E-state index >= 15 is 0 Å². The predicted octanol–water partition coefficient (Wildman–Crippen LogP) is 5.72. The molecule has 1 aliphatic carbocycles. The highest BCUT2D eigenvalue weighted by Gasteiger charge is 2.08. The third kappa shape index (κ3) is 2.31. The molecule has 0 bridgehead atoms. The third-order valence-corrected chi connectivity index (χ3v) is 4.78. The van der Waals surface area contributed by atoms with Gasteiger partial charge in [0.15, 0.2) is 0 Å². The van der Waals surface area contributed by atoms with E-state index in [1.165, 1.54) is 43.5 Å². The van der Waals surface area contributed by atoms with E-state index in [1.807, 2.05) is 0 Å². The molecule has 23 heavy (non-hydrogen) atoms. The second kappa shape index (κ2) is 5.55. The molecule has 0 unspecified atom stereocenters. The number of allylic oxidation sites excluding steroid dienone is 5. The molecule has 1 aliphatic rings. The van der Waals surface area contributed by atoms with Crippen molar-refractivity contribution in [2.24, 2.45) is 0 Å². The lowest BCUT2D eigenvalue weighted by Crippen LogP contribution is -2.03. The number of benzene rings is 3. The van der Waals surface area contributed by atoms with Gasteiger partial charge < -0.3 is 0 Å². The van der Waals surface area contributed by atoms with Gasteiger partial charge in [0.1, 0.15) is 0 Å². The summed E-state index contributed by atoms with van der Waals surface area (Å²) < 4.78 is 0. The van der Waals surface area contributed by atoms with E-state index in [0.717, 1.165) is 6.42 Å². The van der Waals surface area contributed by atoms with Crippen molar-refractivity contribution >= 4 is 33.7 Å². The fourth-order valence-corrected chi connectivity index (χ4v) is 3.51. The number of rotatable bonds is 2. The minimum absolute atomic E-state index is 1.04. The van der Waals surface area contributed by atoms with Crippen molar-refractivity contribution in [1.29, 1.82) is 0 Å². The van der Waals surface area contributed by atoms with Crippen LogP contribution >= 0.6 is 0 Å².